The van der Waals surface area contributed by atoms with Crippen LogP contribution in [0.25, 0.3) is 0 Å². The Morgan fingerprint density at radius 1 is 1.14 bits per heavy atom. The normalized spacial score (nSPS) is 14.9. The molecule has 0 bridgehead atoms. The molecule has 0 fully saturated rings. The number of halogens is 2. The summed E-state index contributed by atoms with van der Waals surface area (Å²) in [5.74, 6) is 0.184. The Morgan fingerprint density at radius 3 is 2.57 bits per heavy atom. The van der Waals surface area contributed by atoms with Gasteiger partial charge in [-0.2, -0.15) is 0 Å². The molecule has 0 aliphatic carbocycles. The lowest BCUT2D eigenvalue weighted by molar-refractivity contribution is 0.590. The van der Waals surface area contributed by atoms with E-state index in [0.717, 1.165) is 17.0 Å². The summed E-state index contributed by atoms with van der Waals surface area (Å²) in [4.78, 5) is 0.913. The average Bonchev–Trinajstić information content (AvgIpc) is 2.46. The third kappa shape index (κ3) is 2.75. The molecule has 0 unspecified atom stereocenters. The molecule has 7 heteroatoms. The van der Waals surface area contributed by atoms with Crippen LogP contribution in [0.1, 0.15) is 0 Å². The molecule has 2 aromatic carbocycles. The number of hydrogen-bond acceptors (Lipinski definition) is 3. The quantitative estimate of drug-likeness (QED) is 0.832. The topological polar surface area (TPSA) is 37.4 Å². The molecule has 3 rings (SSSR count). The number of nitrogens with zero attached hydrogens (tertiary/aromatic N) is 1. The van der Waals surface area contributed by atoms with Crippen molar-refractivity contribution in [3.05, 3.63) is 53.3 Å². The predicted octanol–water partition coefficient (Wildman–Crippen LogP) is 3.78. The highest BCUT2D eigenvalue weighted by Gasteiger charge is 2.29. The Kier molecular flexibility index (Phi) is 3.86. The number of benzene rings is 2. The smallest absolute Gasteiger partial charge is 0.264 e. The molecule has 0 spiro atoms. The highest BCUT2D eigenvalue weighted by atomic mass is 35.5. The van der Waals surface area contributed by atoms with Gasteiger partial charge < -0.3 is 0 Å². The molecule has 0 saturated carbocycles. The zero-order valence-electron chi connectivity index (χ0n) is 10.8. The molecular formula is C14H11ClFNO2S2. The highest BCUT2D eigenvalue weighted by molar-refractivity contribution is 8.00. The van der Waals surface area contributed by atoms with E-state index in [4.69, 9.17) is 11.6 Å². The first-order valence-electron chi connectivity index (χ1n) is 6.19. The number of hydrogen-bond donors (Lipinski definition) is 0. The second kappa shape index (κ2) is 5.51. The van der Waals surface area contributed by atoms with Crippen LogP contribution in [-0.2, 0) is 10.0 Å². The Bertz CT molecular complexity index is 778. The molecular weight excluding hydrogens is 333 g/mol. The van der Waals surface area contributed by atoms with Gasteiger partial charge in [0, 0.05) is 22.2 Å². The van der Waals surface area contributed by atoms with Crippen LogP contribution in [0.2, 0.25) is 5.02 Å². The van der Waals surface area contributed by atoms with Crippen molar-refractivity contribution in [3.63, 3.8) is 0 Å². The maximum absolute atomic E-state index is 13.0. The van der Waals surface area contributed by atoms with E-state index in [9.17, 15) is 12.8 Å². The minimum absolute atomic E-state index is 0.0803. The SMILES string of the molecule is O=S(=O)(c1ccc(F)cc1)N1CCSc2cc(Cl)ccc21. The van der Waals surface area contributed by atoms with Crippen molar-refractivity contribution in [2.24, 2.45) is 0 Å². The average molecular weight is 344 g/mol. The fourth-order valence-corrected chi connectivity index (χ4v) is 5.08. The van der Waals surface area contributed by atoms with E-state index in [1.165, 1.54) is 16.4 Å². The zero-order valence-corrected chi connectivity index (χ0v) is 13.2. The van der Waals surface area contributed by atoms with E-state index in [-0.39, 0.29) is 4.90 Å². The predicted molar refractivity (Wildman–Crippen MR) is 83.1 cm³/mol. The molecule has 1 aliphatic rings. The molecule has 0 radical (unpaired) electrons. The van der Waals surface area contributed by atoms with Gasteiger partial charge in [0.15, 0.2) is 0 Å². The van der Waals surface area contributed by atoms with Crippen LogP contribution >= 0.6 is 23.4 Å². The van der Waals surface area contributed by atoms with Crippen LogP contribution < -0.4 is 4.31 Å². The molecule has 0 atom stereocenters. The van der Waals surface area contributed by atoms with E-state index in [2.05, 4.69) is 0 Å². The molecule has 3 nitrogen and oxygen atoms in total. The Labute approximate surface area is 131 Å². The van der Waals surface area contributed by atoms with Crippen LogP contribution in [0.4, 0.5) is 10.1 Å². The van der Waals surface area contributed by atoms with Crippen LogP contribution in [0.15, 0.2) is 52.3 Å². The molecule has 1 aliphatic heterocycles. The lowest BCUT2D eigenvalue weighted by Crippen LogP contribution is -2.35. The maximum atomic E-state index is 13.0. The van der Waals surface area contributed by atoms with Gasteiger partial charge in [-0.1, -0.05) is 11.6 Å². The van der Waals surface area contributed by atoms with E-state index in [1.54, 1.807) is 30.0 Å². The first-order valence-corrected chi connectivity index (χ1v) is 8.99. The lowest BCUT2D eigenvalue weighted by Gasteiger charge is -2.30. The van der Waals surface area contributed by atoms with E-state index in [0.29, 0.717) is 23.0 Å². The van der Waals surface area contributed by atoms with Gasteiger partial charge in [-0.05, 0) is 42.5 Å². The van der Waals surface area contributed by atoms with Gasteiger partial charge in [-0.25, -0.2) is 12.8 Å². The van der Waals surface area contributed by atoms with Gasteiger partial charge in [-0.3, -0.25) is 4.31 Å². The lowest BCUT2D eigenvalue weighted by atomic mass is 10.3. The van der Waals surface area contributed by atoms with Crippen molar-refractivity contribution in [3.8, 4) is 0 Å². The fourth-order valence-electron chi connectivity index (χ4n) is 2.15. The van der Waals surface area contributed by atoms with Crippen molar-refractivity contribution in [2.75, 3.05) is 16.6 Å². The highest BCUT2D eigenvalue weighted by Crippen LogP contribution is 2.39. The molecule has 0 amide bonds. The first-order chi connectivity index (χ1) is 9.98. The van der Waals surface area contributed by atoms with Gasteiger partial charge in [0.1, 0.15) is 5.82 Å². The summed E-state index contributed by atoms with van der Waals surface area (Å²) in [6, 6.07) is 9.98. The summed E-state index contributed by atoms with van der Waals surface area (Å²) in [5, 5.41) is 0.572. The van der Waals surface area contributed by atoms with E-state index >= 15 is 0 Å². The molecule has 0 N–H and O–H groups in total. The molecule has 2 aromatic rings. The minimum Gasteiger partial charge on any atom is -0.264 e. The van der Waals surface area contributed by atoms with Gasteiger partial charge in [-0.15, -0.1) is 11.8 Å². The second-order valence-electron chi connectivity index (χ2n) is 4.49. The largest absolute Gasteiger partial charge is 0.264 e. The van der Waals surface area contributed by atoms with Crippen molar-refractivity contribution in [1.29, 1.82) is 0 Å². The molecule has 0 saturated heterocycles. The Hall–Kier alpha value is -1.24. The summed E-state index contributed by atoms with van der Waals surface area (Å²) < 4.78 is 39.7. The van der Waals surface area contributed by atoms with Crippen molar-refractivity contribution < 1.29 is 12.8 Å². The molecule has 1 heterocycles. The zero-order chi connectivity index (χ0) is 15.0. The van der Waals surface area contributed by atoms with Gasteiger partial charge >= 0.3 is 0 Å². The summed E-state index contributed by atoms with van der Waals surface area (Å²) in [6.45, 7) is 0.374. The summed E-state index contributed by atoms with van der Waals surface area (Å²) in [7, 11) is -3.69. The monoisotopic (exact) mass is 343 g/mol. The number of thioether (sulfide) groups is 1. The summed E-state index contributed by atoms with van der Waals surface area (Å²) in [5.41, 5.74) is 0.611. The molecule has 110 valence electrons. The second-order valence-corrected chi connectivity index (χ2v) is 7.93. The Balaban J connectivity index is 2.07. The third-order valence-electron chi connectivity index (χ3n) is 3.14. The number of rotatable bonds is 2. The molecule has 21 heavy (non-hydrogen) atoms. The van der Waals surface area contributed by atoms with Crippen LogP contribution in [0.5, 0.6) is 0 Å². The van der Waals surface area contributed by atoms with Crippen LogP contribution in [0, 0.1) is 5.82 Å². The number of anilines is 1. The van der Waals surface area contributed by atoms with Crippen LogP contribution in [0.3, 0.4) is 0 Å². The first kappa shape index (κ1) is 14.7. The van der Waals surface area contributed by atoms with E-state index < -0.39 is 15.8 Å². The third-order valence-corrected chi connectivity index (χ3v) is 6.23. The number of sulfonamides is 1. The standard InChI is InChI=1S/C14H11ClFNO2S2/c15-10-1-6-13-14(9-10)20-8-7-17(13)21(18,19)12-4-2-11(16)3-5-12/h1-6,9H,7-8H2. The molecule has 0 aromatic heterocycles. The van der Waals surface area contributed by atoms with Crippen LogP contribution in [-0.4, -0.2) is 20.7 Å². The maximum Gasteiger partial charge on any atom is 0.264 e. The summed E-state index contributed by atoms with van der Waals surface area (Å²) >= 11 is 7.52. The van der Waals surface area contributed by atoms with Gasteiger partial charge in [0.05, 0.1) is 10.6 Å². The van der Waals surface area contributed by atoms with Crippen molar-refractivity contribution in [1.82, 2.24) is 0 Å². The van der Waals surface area contributed by atoms with Gasteiger partial charge in [0.25, 0.3) is 10.0 Å². The van der Waals surface area contributed by atoms with E-state index in [1.807, 2.05) is 0 Å². The number of fused-ring (bicyclic) bond motifs is 1. The minimum atomic E-state index is -3.69. The fraction of sp³-hybridized carbons (Fsp3) is 0.143. The Morgan fingerprint density at radius 2 is 1.86 bits per heavy atom. The summed E-state index contributed by atoms with van der Waals surface area (Å²) in [6.07, 6.45) is 0. The van der Waals surface area contributed by atoms with Gasteiger partial charge in [0.2, 0.25) is 0 Å². The van der Waals surface area contributed by atoms with Crippen molar-refractivity contribution >= 4 is 39.1 Å². The van der Waals surface area contributed by atoms with Crippen molar-refractivity contribution in [2.45, 2.75) is 9.79 Å².